The third-order valence-electron chi connectivity index (χ3n) is 4.15. The average Bonchev–Trinajstić information content (AvgIpc) is 3.05. The van der Waals surface area contributed by atoms with Crippen molar-refractivity contribution in [2.24, 2.45) is 0 Å². The summed E-state index contributed by atoms with van der Waals surface area (Å²) in [6.45, 7) is 2.79. The Morgan fingerprint density at radius 3 is 2.72 bits per heavy atom. The van der Waals surface area contributed by atoms with Gasteiger partial charge in [0.15, 0.2) is 5.13 Å². The van der Waals surface area contributed by atoms with Crippen molar-refractivity contribution in [3.8, 4) is 0 Å². The number of carbonyl (C=O) groups is 1. The molecule has 0 N–H and O–H groups in total. The van der Waals surface area contributed by atoms with Crippen LogP contribution in [0.3, 0.4) is 0 Å². The van der Waals surface area contributed by atoms with Gasteiger partial charge in [-0.25, -0.2) is 9.97 Å². The summed E-state index contributed by atoms with van der Waals surface area (Å²) in [6.07, 6.45) is 1.78. The van der Waals surface area contributed by atoms with Crippen molar-refractivity contribution in [3.63, 3.8) is 0 Å². The quantitative estimate of drug-likeness (QED) is 0.606. The minimum atomic E-state index is -0.0249. The molecule has 0 saturated carbocycles. The van der Waals surface area contributed by atoms with Gasteiger partial charge in [0.25, 0.3) is 5.91 Å². The molecule has 1 aliphatic rings. The number of anilines is 1. The van der Waals surface area contributed by atoms with Crippen LogP contribution in [0.25, 0.3) is 10.3 Å². The molecule has 1 saturated heterocycles. The van der Waals surface area contributed by atoms with E-state index in [1.54, 1.807) is 29.7 Å². The van der Waals surface area contributed by atoms with Gasteiger partial charge in [-0.2, -0.15) is 0 Å². The van der Waals surface area contributed by atoms with Crippen LogP contribution >= 0.6 is 38.9 Å². The molecule has 128 valence electrons. The molecule has 0 unspecified atom stereocenters. The first-order valence-electron chi connectivity index (χ1n) is 7.82. The average molecular weight is 438 g/mol. The van der Waals surface area contributed by atoms with Gasteiger partial charge >= 0.3 is 0 Å². The van der Waals surface area contributed by atoms with E-state index < -0.39 is 0 Å². The van der Waals surface area contributed by atoms with E-state index >= 15 is 0 Å². The number of piperazine rings is 1. The summed E-state index contributed by atoms with van der Waals surface area (Å²) in [6, 6.07) is 9.21. The zero-order valence-electron chi connectivity index (χ0n) is 13.2. The van der Waals surface area contributed by atoms with Crippen LogP contribution in [0, 0.1) is 0 Å². The van der Waals surface area contributed by atoms with E-state index in [2.05, 4.69) is 30.8 Å². The number of fused-ring (bicyclic) bond motifs is 1. The number of hydrogen-bond acceptors (Lipinski definition) is 5. The predicted octanol–water partition coefficient (Wildman–Crippen LogP) is 4.07. The lowest BCUT2D eigenvalue weighted by Gasteiger charge is -2.34. The van der Waals surface area contributed by atoms with Crippen molar-refractivity contribution in [1.82, 2.24) is 14.9 Å². The van der Waals surface area contributed by atoms with Crippen LogP contribution in [0.15, 0.2) is 41.0 Å². The van der Waals surface area contributed by atoms with Gasteiger partial charge in [-0.3, -0.25) is 4.79 Å². The summed E-state index contributed by atoms with van der Waals surface area (Å²) in [5.74, 6) is -0.0249. The summed E-state index contributed by atoms with van der Waals surface area (Å²) in [4.78, 5) is 26.7. The van der Waals surface area contributed by atoms with Crippen molar-refractivity contribution in [1.29, 1.82) is 0 Å². The van der Waals surface area contributed by atoms with Crippen LogP contribution in [-0.2, 0) is 0 Å². The van der Waals surface area contributed by atoms with E-state index in [1.165, 1.54) is 0 Å². The Morgan fingerprint density at radius 2 is 2.00 bits per heavy atom. The molecule has 3 aromatic rings. The topological polar surface area (TPSA) is 49.3 Å². The van der Waals surface area contributed by atoms with E-state index in [9.17, 15) is 4.79 Å². The molecule has 2 aromatic heterocycles. The van der Waals surface area contributed by atoms with Crippen LogP contribution < -0.4 is 4.90 Å². The number of thiazole rings is 1. The van der Waals surface area contributed by atoms with Crippen LogP contribution in [0.1, 0.15) is 10.4 Å². The first kappa shape index (κ1) is 16.8. The molecule has 1 amide bonds. The Morgan fingerprint density at radius 1 is 1.20 bits per heavy atom. The number of benzene rings is 1. The van der Waals surface area contributed by atoms with Crippen molar-refractivity contribution in [2.75, 3.05) is 31.1 Å². The fourth-order valence-corrected chi connectivity index (χ4v) is 4.54. The zero-order chi connectivity index (χ0) is 17.4. The molecule has 0 aliphatic carbocycles. The van der Waals surface area contributed by atoms with Crippen molar-refractivity contribution in [2.45, 2.75) is 0 Å². The molecule has 1 aliphatic heterocycles. The lowest BCUT2D eigenvalue weighted by Crippen LogP contribution is -2.48. The molecule has 5 nitrogen and oxygen atoms in total. The van der Waals surface area contributed by atoms with Gasteiger partial charge in [0.2, 0.25) is 0 Å². The number of halogens is 2. The second-order valence-electron chi connectivity index (χ2n) is 5.73. The van der Waals surface area contributed by atoms with Crippen molar-refractivity contribution < 1.29 is 4.79 Å². The summed E-state index contributed by atoms with van der Waals surface area (Å²) >= 11 is 11.2. The maximum absolute atomic E-state index is 12.7. The number of hydrogen-bond donors (Lipinski definition) is 0. The summed E-state index contributed by atoms with van der Waals surface area (Å²) in [5.41, 5.74) is 1.46. The first-order chi connectivity index (χ1) is 12.1. The highest BCUT2D eigenvalue weighted by molar-refractivity contribution is 9.10. The van der Waals surface area contributed by atoms with Gasteiger partial charge in [0, 0.05) is 36.8 Å². The molecule has 0 atom stereocenters. The van der Waals surface area contributed by atoms with E-state index in [4.69, 9.17) is 11.6 Å². The van der Waals surface area contributed by atoms with Gasteiger partial charge < -0.3 is 9.80 Å². The molecule has 25 heavy (non-hydrogen) atoms. The van der Waals surface area contributed by atoms with Crippen LogP contribution in [0.5, 0.6) is 0 Å². The number of carbonyl (C=O) groups excluding carboxylic acids is 1. The number of amides is 1. The van der Waals surface area contributed by atoms with Gasteiger partial charge in [-0.05, 0) is 30.3 Å². The first-order valence-corrected chi connectivity index (χ1v) is 9.81. The number of nitrogens with zero attached hydrogens (tertiary/aromatic N) is 4. The lowest BCUT2D eigenvalue weighted by molar-refractivity contribution is 0.0747. The molecular weight excluding hydrogens is 424 g/mol. The Balaban J connectivity index is 1.46. The number of rotatable bonds is 2. The molecule has 8 heteroatoms. The Hall–Kier alpha value is -1.70. The highest BCUT2D eigenvalue weighted by Crippen LogP contribution is 2.28. The van der Waals surface area contributed by atoms with Gasteiger partial charge in [-0.1, -0.05) is 38.9 Å². The number of pyridine rings is 1. The molecule has 1 aromatic carbocycles. The Kier molecular flexibility index (Phi) is 4.62. The smallest absolute Gasteiger partial charge is 0.255 e. The maximum Gasteiger partial charge on any atom is 0.255 e. The SMILES string of the molecule is O=C(c1ccc(Br)cc1Cl)N1CCN(c2nc3cccnc3s2)CC1. The molecule has 0 radical (unpaired) electrons. The minimum absolute atomic E-state index is 0.0249. The third kappa shape index (κ3) is 3.36. The lowest BCUT2D eigenvalue weighted by atomic mass is 10.2. The highest BCUT2D eigenvalue weighted by atomic mass is 79.9. The van der Waals surface area contributed by atoms with E-state index in [1.807, 2.05) is 23.1 Å². The molecule has 0 bridgehead atoms. The fourth-order valence-electron chi connectivity index (χ4n) is 2.83. The molecule has 0 spiro atoms. The minimum Gasteiger partial charge on any atom is -0.344 e. The molecule has 1 fully saturated rings. The second kappa shape index (κ2) is 6.90. The summed E-state index contributed by atoms with van der Waals surface area (Å²) in [5, 5.41) is 1.43. The monoisotopic (exact) mass is 436 g/mol. The van der Waals surface area contributed by atoms with E-state index in [0.717, 1.165) is 33.0 Å². The van der Waals surface area contributed by atoms with Gasteiger partial charge in [0.1, 0.15) is 10.3 Å². The van der Waals surface area contributed by atoms with Crippen LogP contribution in [0.4, 0.5) is 5.13 Å². The van der Waals surface area contributed by atoms with Crippen molar-refractivity contribution >= 4 is 60.3 Å². The fraction of sp³-hybridized carbons (Fsp3) is 0.235. The Bertz CT molecular complexity index is 906. The van der Waals surface area contributed by atoms with Crippen LogP contribution in [0.2, 0.25) is 5.02 Å². The summed E-state index contributed by atoms with van der Waals surface area (Å²) in [7, 11) is 0. The van der Waals surface area contributed by atoms with E-state index in [-0.39, 0.29) is 5.91 Å². The standard InChI is InChI=1S/C17H14BrClN4OS/c18-11-3-4-12(13(19)10-11)16(24)22-6-8-23(9-7-22)17-21-14-2-1-5-20-15(14)25-17/h1-5,10H,6-9H2. The van der Waals surface area contributed by atoms with Gasteiger partial charge in [0.05, 0.1) is 10.6 Å². The summed E-state index contributed by atoms with van der Waals surface area (Å²) < 4.78 is 0.864. The Labute approximate surface area is 162 Å². The number of aromatic nitrogens is 2. The normalized spacial score (nSPS) is 15.0. The predicted molar refractivity (Wildman–Crippen MR) is 105 cm³/mol. The van der Waals surface area contributed by atoms with E-state index in [0.29, 0.717) is 23.7 Å². The third-order valence-corrected chi connectivity index (χ3v) is 6.00. The maximum atomic E-state index is 12.7. The van der Waals surface area contributed by atoms with Crippen LogP contribution in [-0.4, -0.2) is 47.0 Å². The van der Waals surface area contributed by atoms with Gasteiger partial charge in [-0.15, -0.1) is 0 Å². The zero-order valence-corrected chi connectivity index (χ0v) is 16.3. The molecular formula is C17H14BrClN4OS. The second-order valence-corrected chi connectivity index (χ2v) is 8.01. The molecule has 4 rings (SSSR count). The molecule has 3 heterocycles. The largest absolute Gasteiger partial charge is 0.344 e. The van der Waals surface area contributed by atoms with Crippen molar-refractivity contribution in [3.05, 3.63) is 51.6 Å². The highest BCUT2D eigenvalue weighted by Gasteiger charge is 2.25.